The molecule has 0 radical (unpaired) electrons. The van der Waals surface area contributed by atoms with Gasteiger partial charge in [-0.2, -0.15) is 0 Å². The Labute approximate surface area is 108 Å². The highest BCUT2D eigenvalue weighted by Gasteiger charge is 2.30. The highest BCUT2D eigenvalue weighted by atomic mass is 16.4. The van der Waals surface area contributed by atoms with E-state index in [1.54, 1.807) is 18.2 Å². The summed E-state index contributed by atoms with van der Waals surface area (Å²) in [5.74, 6) is -3.55. The number of aliphatic hydroxyl groups excluding tert-OH is 1. The van der Waals surface area contributed by atoms with E-state index in [2.05, 4.69) is 5.32 Å². The van der Waals surface area contributed by atoms with E-state index in [1.165, 1.54) is 12.1 Å². The average Bonchev–Trinajstić information content (AvgIpc) is 2.35. The predicted octanol–water partition coefficient (Wildman–Crippen LogP) is -0.295. The van der Waals surface area contributed by atoms with Crippen LogP contribution >= 0.6 is 0 Å². The highest BCUT2D eigenvalue weighted by molar-refractivity contribution is 5.96. The quantitative estimate of drug-likeness (QED) is 0.561. The highest BCUT2D eigenvalue weighted by Crippen LogP contribution is 2.04. The number of nitrogens with one attached hydrogen (secondary N) is 1. The summed E-state index contributed by atoms with van der Waals surface area (Å²) in [5, 5.41) is 28.9. The van der Waals surface area contributed by atoms with Crippen LogP contribution in [0, 0.1) is 0 Å². The second-order valence-electron chi connectivity index (χ2n) is 3.82. The van der Waals surface area contributed by atoms with Gasteiger partial charge in [0.05, 0.1) is 12.5 Å². The van der Waals surface area contributed by atoms with Gasteiger partial charge in [0, 0.05) is 5.56 Å². The molecule has 7 nitrogen and oxygen atoms in total. The van der Waals surface area contributed by atoms with Crippen molar-refractivity contribution in [2.75, 3.05) is 0 Å². The minimum Gasteiger partial charge on any atom is -0.481 e. The zero-order chi connectivity index (χ0) is 14.4. The molecule has 0 aliphatic carbocycles. The maximum atomic E-state index is 11.7. The van der Waals surface area contributed by atoms with E-state index in [1.807, 2.05) is 0 Å². The van der Waals surface area contributed by atoms with Gasteiger partial charge in [-0.15, -0.1) is 0 Å². The number of hydrogen-bond acceptors (Lipinski definition) is 4. The van der Waals surface area contributed by atoms with E-state index in [9.17, 15) is 19.5 Å². The predicted molar refractivity (Wildman–Crippen MR) is 63.6 cm³/mol. The molecule has 1 rings (SSSR count). The lowest BCUT2D eigenvalue weighted by molar-refractivity contribution is -0.145. The maximum absolute atomic E-state index is 11.7. The lowest BCUT2D eigenvalue weighted by Crippen LogP contribution is -2.49. The number of carbonyl (C=O) groups is 3. The van der Waals surface area contributed by atoms with Crippen LogP contribution in [0.15, 0.2) is 30.3 Å². The van der Waals surface area contributed by atoms with Crippen LogP contribution in [-0.4, -0.2) is 45.3 Å². The van der Waals surface area contributed by atoms with Crippen LogP contribution in [0.1, 0.15) is 16.8 Å². The van der Waals surface area contributed by atoms with Crippen molar-refractivity contribution in [3.63, 3.8) is 0 Å². The summed E-state index contributed by atoms with van der Waals surface area (Å²) >= 11 is 0. The summed E-state index contributed by atoms with van der Waals surface area (Å²) in [5.41, 5.74) is 0.219. The monoisotopic (exact) mass is 267 g/mol. The second kappa shape index (κ2) is 6.50. The standard InChI is InChI=1S/C12H13NO6/c14-8(6-9(15)16)10(12(18)19)13-11(17)7-4-2-1-3-5-7/h1-5,8,10,14H,6H2,(H,13,17)(H,15,16)(H,18,19)/t8-,10-/m1/s1. The molecule has 102 valence electrons. The zero-order valence-corrected chi connectivity index (χ0v) is 9.81. The van der Waals surface area contributed by atoms with Crippen molar-refractivity contribution in [1.29, 1.82) is 0 Å². The number of carbonyl (C=O) groups excluding carboxylic acids is 1. The average molecular weight is 267 g/mol. The van der Waals surface area contributed by atoms with Gasteiger partial charge < -0.3 is 20.6 Å². The fourth-order valence-electron chi connectivity index (χ4n) is 1.43. The molecule has 19 heavy (non-hydrogen) atoms. The third-order valence-electron chi connectivity index (χ3n) is 2.36. The molecule has 2 atom stereocenters. The first-order valence-corrected chi connectivity index (χ1v) is 5.40. The Morgan fingerprint density at radius 3 is 2.16 bits per heavy atom. The minimum absolute atomic E-state index is 0.219. The first kappa shape index (κ1) is 14.7. The molecule has 0 unspecified atom stereocenters. The Morgan fingerprint density at radius 1 is 1.11 bits per heavy atom. The molecule has 1 aromatic carbocycles. The number of aliphatic carboxylic acids is 2. The Hall–Kier alpha value is -2.41. The summed E-state index contributed by atoms with van der Waals surface area (Å²) in [7, 11) is 0. The van der Waals surface area contributed by atoms with E-state index in [4.69, 9.17) is 10.2 Å². The molecule has 4 N–H and O–H groups in total. The fourth-order valence-corrected chi connectivity index (χ4v) is 1.43. The third kappa shape index (κ3) is 4.40. The van der Waals surface area contributed by atoms with Gasteiger partial charge in [-0.05, 0) is 12.1 Å². The van der Waals surface area contributed by atoms with Gasteiger partial charge in [-0.25, -0.2) is 4.79 Å². The van der Waals surface area contributed by atoms with Crippen molar-refractivity contribution in [3.8, 4) is 0 Å². The third-order valence-corrected chi connectivity index (χ3v) is 2.36. The Bertz CT molecular complexity index is 472. The number of benzene rings is 1. The number of carboxylic acids is 2. The van der Waals surface area contributed by atoms with Crippen molar-refractivity contribution in [1.82, 2.24) is 5.32 Å². The van der Waals surface area contributed by atoms with E-state index >= 15 is 0 Å². The summed E-state index contributed by atoms with van der Waals surface area (Å²) in [6, 6.07) is 6.14. The molecule has 7 heteroatoms. The smallest absolute Gasteiger partial charge is 0.328 e. The lowest BCUT2D eigenvalue weighted by atomic mass is 10.1. The minimum atomic E-state index is -1.71. The van der Waals surface area contributed by atoms with E-state index in [0.29, 0.717) is 0 Å². The van der Waals surface area contributed by atoms with Gasteiger partial charge in [0.15, 0.2) is 6.04 Å². The number of rotatable bonds is 6. The van der Waals surface area contributed by atoms with Crippen molar-refractivity contribution in [2.24, 2.45) is 0 Å². The van der Waals surface area contributed by atoms with Crippen LogP contribution in [0.5, 0.6) is 0 Å². The Morgan fingerprint density at radius 2 is 1.68 bits per heavy atom. The number of hydrogen-bond donors (Lipinski definition) is 4. The van der Waals surface area contributed by atoms with Crippen LogP contribution < -0.4 is 5.32 Å². The van der Waals surface area contributed by atoms with Gasteiger partial charge in [-0.1, -0.05) is 18.2 Å². The second-order valence-corrected chi connectivity index (χ2v) is 3.82. The summed E-state index contributed by atoms with van der Waals surface area (Å²) in [4.78, 5) is 33.1. The lowest BCUT2D eigenvalue weighted by Gasteiger charge is -2.19. The SMILES string of the molecule is O=C(O)C[C@@H](O)[C@@H](NC(=O)c1ccccc1)C(=O)O. The van der Waals surface area contributed by atoms with E-state index in [-0.39, 0.29) is 5.56 Å². The normalized spacial score (nSPS) is 13.3. The summed E-state index contributed by atoms with van der Waals surface area (Å²) in [6.07, 6.45) is -2.48. The van der Waals surface area contributed by atoms with Crippen LogP contribution in [0.4, 0.5) is 0 Å². The Kier molecular flexibility index (Phi) is 5.01. The number of aliphatic hydroxyl groups is 1. The van der Waals surface area contributed by atoms with Crippen LogP contribution in [0.25, 0.3) is 0 Å². The van der Waals surface area contributed by atoms with E-state index in [0.717, 1.165) is 0 Å². The number of carboxylic acid groups (broad SMARTS) is 2. The number of amides is 1. The van der Waals surface area contributed by atoms with Crippen LogP contribution in [-0.2, 0) is 9.59 Å². The van der Waals surface area contributed by atoms with E-state index < -0.39 is 36.4 Å². The van der Waals surface area contributed by atoms with Crippen LogP contribution in [0.3, 0.4) is 0 Å². The van der Waals surface area contributed by atoms with Crippen molar-refractivity contribution >= 4 is 17.8 Å². The molecular weight excluding hydrogens is 254 g/mol. The maximum Gasteiger partial charge on any atom is 0.328 e. The van der Waals surface area contributed by atoms with Gasteiger partial charge in [0.2, 0.25) is 0 Å². The van der Waals surface area contributed by atoms with Crippen molar-refractivity contribution in [2.45, 2.75) is 18.6 Å². The topological polar surface area (TPSA) is 124 Å². The van der Waals surface area contributed by atoms with Gasteiger partial charge >= 0.3 is 11.9 Å². The van der Waals surface area contributed by atoms with Gasteiger partial charge in [0.1, 0.15) is 0 Å². The van der Waals surface area contributed by atoms with Gasteiger partial charge in [0.25, 0.3) is 5.91 Å². The molecule has 0 spiro atoms. The summed E-state index contributed by atoms with van der Waals surface area (Å²) in [6.45, 7) is 0. The molecule has 0 aromatic heterocycles. The van der Waals surface area contributed by atoms with Crippen molar-refractivity contribution < 1.29 is 29.7 Å². The molecule has 0 bridgehead atoms. The largest absolute Gasteiger partial charge is 0.481 e. The van der Waals surface area contributed by atoms with Gasteiger partial charge in [-0.3, -0.25) is 9.59 Å². The molecule has 0 aliphatic heterocycles. The molecule has 0 saturated heterocycles. The van der Waals surface area contributed by atoms with Crippen molar-refractivity contribution in [3.05, 3.63) is 35.9 Å². The molecule has 0 heterocycles. The molecule has 0 fully saturated rings. The summed E-state index contributed by atoms with van der Waals surface area (Å²) < 4.78 is 0. The molecular formula is C12H13NO6. The first-order valence-electron chi connectivity index (χ1n) is 5.40. The first-order chi connectivity index (χ1) is 8.91. The van der Waals surface area contributed by atoms with Crippen LogP contribution in [0.2, 0.25) is 0 Å². The molecule has 1 aromatic rings. The molecule has 0 aliphatic rings. The fraction of sp³-hybridized carbons (Fsp3) is 0.250. The molecule has 0 saturated carbocycles. The molecule has 1 amide bonds. The zero-order valence-electron chi connectivity index (χ0n) is 9.81. The Balaban J connectivity index is 2.77.